The normalized spacial score (nSPS) is 21.5. The van der Waals surface area contributed by atoms with Crippen LogP contribution in [0.25, 0.3) is 0 Å². The number of benzene rings is 1. The fraction of sp³-hybridized carbons (Fsp3) is 0.417. The van der Waals surface area contributed by atoms with Crippen molar-refractivity contribution in [2.45, 2.75) is 25.8 Å². The standard InChI is InChI=1S/C12H15NO/c1-9-4-2-3-5-10(9)8-11-12(14)6-7-13-11/h2-5,11,13H,6-8H2,1H3. The minimum atomic E-state index is 0.0519. The zero-order valence-electron chi connectivity index (χ0n) is 8.42. The molecule has 0 aliphatic carbocycles. The third-order valence-electron chi connectivity index (χ3n) is 2.84. The van der Waals surface area contributed by atoms with Crippen LogP contribution in [0.3, 0.4) is 0 Å². The fourth-order valence-electron chi connectivity index (χ4n) is 1.90. The van der Waals surface area contributed by atoms with Gasteiger partial charge in [-0.2, -0.15) is 0 Å². The zero-order chi connectivity index (χ0) is 9.97. The van der Waals surface area contributed by atoms with E-state index in [2.05, 4.69) is 24.4 Å². The van der Waals surface area contributed by atoms with Crippen molar-refractivity contribution in [1.82, 2.24) is 5.32 Å². The molecular formula is C12H15NO. The van der Waals surface area contributed by atoms with Crippen molar-refractivity contribution in [2.24, 2.45) is 0 Å². The molecule has 0 amide bonds. The van der Waals surface area contributed by atoms with Crippen LogP contribution in [0.4, 0.5) is 0 Å². The van der Waals surface area contributed by atoms with Crippen molar-refractivity contribution in [3.63, 3.8) is 0 Å². The predicted molar refractivity (Wildman–Crippen MR) is 56.3 cm³/mol. The molecule has 0 aromatic heterocycles. The van der Waals surface area contributed by atoms with Crippen LogP contribution in [-0.2, 0) is 11.2 Å². The van der Waals surface area contributed by atoms with Gasteiger partial charge in [-0.15, -0.1) is 0 Å². The van der Waals surface area contributed by atoms with Gasteiger partial charge in [0.15, 0.2) is 5.78 Å². The largest absolute Gasteiger partial charge is 0.307 e. The van der Waals surface area contributed by atoms with Crippen LogP contribution in [-0.4, -0.2) is 18.4 Å². The molecule has 1 N–H and O–H groups in total. The van der Waals surface area contributed by atoms with Crippen molar-refractivity contribution in [1.29, 1.82) is 0 Å². The first-order valence-corrected chi connectivity index (χ1v) is 5.08. The molecule has 1 aromatic rings. The lowest BCUT2D eigenvalue weighted by Gasteiger charge is -2.10. The number of nitrogens with one attached hydrogen (secondary N) is 1. The Kier molecular flexibility index (Phi) is 2.64. The van der Waals surface area contributed by atoms with Crippen LogP contribution in [0.2, 0.25) is 0 Å². The number of rotatable bonds is 2. The van der Waals surface area contributed by atoms with Gasteiger partial charge in [0.1, 0.15) is 0 Å². The number of ketones is 1. The maximum absolute atomic E-state index is 11.4. The highest BCUT2D eigenvalue weighted by molar-refractivity contribution is 5.86. The van der Waals surface area contributed by atoms with Gasteiger partial charge >= 0.3 is 0 Å². The summed E-state index contributed by atoms with van der Waals surface area (Å²) in [6.45, 7) is 2.93. The molecule has 0 saturated carbocycles. The number of aryl methyl sites for hydroxylation is 1. The Bertz CT molecular complexity index is 346. The molecular weight excluding hydrogens is 174 g/mol. The number of hydrogen-bond acceptors (Lipinski definition) is 2. The first-order chi connectivity index (χ1) is 6.77. The molecule has 0 bridgehead atoms. The molecule has 2 nitrogen and oxygen atoms in total. The van der Waals surface area contributed by atoms with Crippen LogP contribution in [0.1, 0.15) is 17.5 Å². The minimum absolute atomic E-state index is 0.0519. The van der Waals surface area contributed by atoms with E-state index in [-0.39, 0.29) is 6.04 Å². The molecule has 1 saturated heterocycles. The Morgan fingerprint density at radius 3 is 2.86 bits per heavy atom. The zero-order valence-corrected chi connectivity index (χ0v) is 8.42. The van der Waals surface area contributed by atoms with Gasteiger partial charge in [-0.3, -0.25) is 4.79 Å². The summed E-state index contributed by atoms with van der Waals surface area (Å²) in [5.74, 6) is 0.355. The van der Waals surface area contributed by atoms with Gasteiger partial charge in [-0.05, 0) is 24.5 Å². The monoisotopic (exact) mass is 189 g/mol. The Labute approximate surface area is 84.3 Å². The molecule has 0 radical (unpaired) electrons. The van der Waals surface area contributed by atoms with Crippen LogP contribution < -0.4 is 5.32 Å². The van der Waals surface area contributed by atoms with Gasteiger partial charge in [-0.1, -0.05) is 24.3 Å². The minimum Gasteiger partial charge on any atom is -0.307 e. The summed E-state index contributed by atoms with van der Waals surface area (Å²) < 4.78 is 0. The average molecular weight is 189 g/mol. The summed E-state index contributed by atoms with van der Waals surface area (Å²) in [6, 6.07) is 8.30. The second-order valence-electron chi connectivity index (χ2n) is 3.85. The van der Waals surface area contributed by atoms with Crippen LogP contribution in [0, 0.1) is 6.92 Å². The van der Waals surface area contributed by atoms with E-state index in [4.69, 9.17) is 0 Å². The van der Waals surface area contributed by atoms with Crippen molar-refractivity contribution in [3.8, 4) is 0 Å². The molecule has 74 valence electrons. The third-order valence-corrected chi connectivity index (χ3v) is 2.84. The van der Waals surface area contributed by atoms with Gasteiger partial charge in [0.25, 0.3) is 0 Å². The molecule has 1 aliphatic rings. The molecule has 1 fully saturated rings. The second-order valence-corrected chi connectivity index (χ2v) is 3.85. The smallest absolute Gasteiger partial charge is 0.151 e. The molecule has 1 unspecified atom stereocenters. The van der Waals surface area contributed by atoms with E-state index in [9.17, 15) is 4.79 Å². The quantitative estimate of drug-likeness (QED) is 0.763. The van der Waals surface area contributed by atoms with Gasteiger partial charge in [0.05, 0.1) is 6.04 Å². The first-order valence-electron chi connectivity index (χ1n) is 5.08. The second kappa shape index (κ2) is 3.93. The van der Waals surface area contributed by atoms with Crippen LogP contribution in [0.15, 0.2) is 24.3 Å². The molecule has 1 heterocycles. The van der Waals surface area contributed by atoms with Crippen molar-refractivity contribution >= 4 is 5.78 Å². The molecule has 1 aliphatic heterocycles. The maximum atomic E-state index is 11.4. The Balaban J connectivity index is 2.10. The van der Waals surface area contributed by atoms with Crippen molar-refractivity contribution in [3.05, 3.63) is 35.4 Å². The molecule has 1 atom stereocenters. The SMILES string of the molecule is Cc1ccccc1CC1NCCC1=O. The van der Waals surface area contributed by atoms with E-state index in [1.807, 2.05) is 12.1 Å². The summed E-state index contributed by atoms with van der Waals surface area (Å²) in [5.41, 5.74) is 2.55. The Morgan fingerprint density at radius 1 is 1.43 bits per heavy atom. The van der Waals surface area contributed by atoms with E-state index in [1.165, 1.54) is 11.1 Å². The number of Topliss-reactive ketones (excluding diaryl/α,β-unsaturated/α-hetero) is 1. The third kappa shape index (κ3) is 1.85. The number of carbonyl (C=O) groups excluding carboxylic acids is 1. The Morgan fingerprint density at radius 2 is 2.21 bits per heavy atom. The maximum Gasteiger partial charge on any atom is 0.151 e. The number of carbonyl (C=O) groups is 1. The van der Waals surface area contributed by atoms with E-state index in [0.29, 0.717) is 12.2 Å². The lowest BCUT2D eigenvalue weighted by molar-refractivity contribution is -0.118. The lowest BCUT2D eigenvalue weighted by Crippen LogP contribution is -2.29. The number of hydrogen-bond donors (Lipinski definition) is 1. The molecule has 2 rings (SSSR count). The van der Waals surface area contributed by atoms with Crippen LogP contribution in [0.5, 0.6) is 0 Å². The highest BCUT2D eigenvalue weighted by Gasteiger charge is 2.23. The van der Waals surface area contributed by atoms with Crippen LogP contribution >= 0.6 is 0 Å². The first kappa shape index (κ1) is 9.41. The highest BCUT2D eigenvalue weighted by Crippen LogP contribution is 2.13. The lowest BCUT2D eigenvalue weighted by atomic mass is 10.00. The van der Waals surface area contributed by atoms with Gasteiger partial charge < -0.3 is 5.32 Å². The molecule has 14 heavy (non-hydrogen) atoms. The summed E-state index contributed by atoms with van der Waals surface area (Å²) in [4.78, 5) is 11.4. The van der Waals surface area contributed by atoms with Crippen molar-refractivity contribution in [2.75, 3.05) is 6.54 Å². The van der Waals surface area contributed by atoms with Gasteiger partial charge in [0.2, 0.25) is 0 Å². The molecule has 0 spiro atoms. The molecule has 1 aromatic carbocycles. The predicted octanol–water partition coefficient (Wildman–Crippen LogP) is 1.47. The summed E-state index contributed by atoms with van der Waals surface area (Å²) in [6.07, 6.45) is 1.53. The van der Waals surface area contributed by atoms with E-state index < -0.39 is 0 Å². The topological polar surface area (TPSA) is 29.1 Å². The summed E-state index contributed by atoms with van der Waals surface area (Å²) in [7, 11) is 0. The fourth-order valence-corrected chi connectivity index (χ4v) is 1.90. The van der Waals surface area contributed by atoms with E-state index in [0.717, 1.165) is 13.0 Å². The average Bonchev–Trinajstić information content (AvgIpc) is 2.56. The summed E-state index contributed by atoms with van der Waals surface area (Å²) in [5, 5.41) is 3.23. The highest BCUT2D eigenvalue weighted by atomic mass is 16.1. The van der Waals surface area contributed by atoms with E-state index >= 15 is 0 Å². The van der Waals surface area contributed by atoms with Gasteiger partial charge in [-0.25, -0.2) is 0 Å². The Hall–Kier alpha value is -1.15. The molecule has 2 heteroatoms. The summed E-state index contributed by atoms with van der Waals surface area (Å²) >= 11 is 0. The van der Waals surface area contributed by atoms with E-state index in [1.54, 1.807) is 0 Å². The van der Waals surface area contributed by atoms with Gasteiger partial charge in [0, 0.05) is 13.0 Å². The van der Waals surface area contributed by atoms with Crippen molar-refractivity contribution < 1.29 is 4.79 Å².